The van der Waals surface area contributed by atoms with Crippen molar-refractivity contribution >= 4 is 11.8 Å². The molecule has 0 saturated carbocycles. The topological polar surface area (TPSA) is 93.3 Å². The van der Waals surface area contributed by atoms with Crippen molar-refractivity contribution in [3.8, 4) is 16.9 Å². The number of hydrogen-bond donors (Lipinski definition) is 1. The number of nitrogens with one attached hydrogen (secondary N) is 1. The normalized spacial score (nSPS) is 14.2. The zero-order valence-corrected chi connectivity index (χ0v) is 17.9. The van der Waals surface area contributed by atoms with Crippen molar-refractivity contribution in [2.75, 3.05) is 13.1 Å². The van der Waals surface area contributed by atoms with Crippen LogP contribution in [-0.4, -0.2) is 50.6 Å². The van der Waals surface area contributed by atoms with E-state index in [9.17, 15) is 9.59 Å². The standard InChI is InChI=1S/C25H23N5O3/c31-24(27-19-10-13-29(14-11-19)25(32)22-9-5-15-33-22)21-17-30(20-7-2-1-3-8-20)28-23(21)18-6-4-12-26-16-18/h1-9,12,15-17,19H,10-11,13-14H2,(H,27,31). The molecule has 1 aromatic carbocycles. The highest BCUT2D eigenvalue weighted by Crippen LogP contribution is 2.24. The van der Waals surface area contributed by atoms with Gasteiger partial charge < -0.3 is 14.6 Å². The SMILES string of the molecule is O=C(NC1CCN(C(=O)c2ccco2)CC1)c1cn(-c2ccccc2)nc1-c1cccnc1. The summed E-state index contributed by atoms with van der Waals surface area (Å²) in [6.45, 7) is 1.12. The minimum atomic E-state index is -0.188. The van der Waals surface area contributed by atoms with Gasteiger partial charge in [-0.1, -0.05) is 18.2 Å². The molecule has 8 heteroatoms. The number of rotatable bonds is 5. The van der Waals surface area contributed by atoms with E-state index < -0.39 is 0 Å². The van der Waals surface area contributed by atoms with Crippen LogP contribution in [0.4, 0.5) is 0 Å². The monoisotopic (exact) mass is 441 g/mol. The molecule has 166 valence electrons. The fraction of sp³-hybridized carbons (Fsp3) is 0.200. The highest BCUT2D eigenvalue weighted by atomic mass is 16.3. The summed E-state index contributed by atoms with van der Waals surface area (Å²) in [4.78, 5) is 31.7. The van der Waals surface area contributed by atoms with Gasteiger partial charge in [0.1, 0.15) is 5.69 Å². The van der Waals surface area contributed by atoms with Crippen LogP contribution in [0.5, 0.6) is 0 Å². The molecule has 0 atom stereocenters. The second-order valence-corrected chi connectivity index (χ2v) is 7.93. The average Bonchev–Trinajstić information content (AvgIpc) is 3.56. The van der Waals surface area contributed by atoms with Crippen LogP contribution in [0.1, 0.15) is 33.8 Å². The Morgan fingerprint density at radius 1 is 1.00 bits per heavy atom. The molecule has 3 aromatic heterocycles. The third-order valence-electron chi connectivity index (χ3n) is 5.76. The number of para-hydroxylation sites is 1. The molecule has 1 aliphatic heterocycles. The zero-order chi connectivity index (χ0) is 22.6. The molecule has 4 aromatic rings. The molecule has 1 aliphatic rings. The van der Waals surface area contributed by atoms with Crippen LogP contribution in [0.15, 0.2) is 83.9 Å². The molecule has 8 nitrogen and oxygen atoms in total. The van der Waals surface area contributed by atoms with Crippen molar-refractivity contribution in [1.29, 1.82) is 0 Å². The minimum absolute atomic E-state index is 0.0278. The fourth-order valence-corrected chi connectivity index (χ4v) is 4.02. The van der Waals surface area contributed by atoms with Crippen molar-refractivity contribution in [3.05, 3.63) is 90.8 Å². The van der Waals surface area contributed by atoms with E-state index in [2.05, 4.69) is 15.4 Å². The van der Waals surface area contributed by atoms with Crippen LogP contribution in [0.25, 0.3) is 16.9 Å². The molecular formula is C25H23N5O3. The predicted octanol–water partition coefficient (Wildman–Crippen LogP) is 3.56. The van der Waals surface area contributed by atoms with Crippen LogP contribution in [0.3, 0.4) is 0 Å². The third-order valence-corrected chi connectivity index (χ3v) is 5.76. The number of furan rings is 1. The van der Waals surface area contributed by atoms with Gasteiger partial charge in [0.25, 0.3) is 11.8 Å². The number of nitrogens with zero attached hydrogens (tertiary/aromatic N) is 4. The Bertz CT molecular complexity index is 1230. The zero-order valence-electron chi connectivity index (χ0n) is 17.9. The van der Waals surface area contributed by atoms with Gasteiger partial charge in [0, 0.05) is 43.3 Å². The molecule has 0 bridgehead atoms. The van der Waals surface area contributed by atoms with Crippen LogP contribution >= 0.6 is 0 Å². The fourth-order valence-electron chi connectivity index (χ4n) is 4.02. The second kappa shape index (κ2) is 9.12. The Hall–Kier alpha value is -4.20. The molecule has 0 radical (unpaired) electrons. The van der Waals surface area contributed by atoms with Gasteiger partial charge in [0.15, 0.2) is 5.76 Å². The van der Waals surface area contributed by atoms with E-state index in [0.29, 0.717) is 42.9 Å². The molecule has 1 fully saturated rings. The van der Waals surface area contributed by atoms with Gasteiger partial charge in [-0.05, 0) is 49.2 Å². The Kier molecular flexibility index (Phi) is 5.72. The van der Waals surface area contributed by atoms with Crippen molar-refractivity contribution in [1.82, 2.24) is 25.0 Å². The Labute approximate surface area is 190 Å². The molecule has 2 amide bonds. The summed E-state index contributed by atoms with van der Waals surface area (Å²) in [6, 6.07) is 16.7. The first-order valence-corrected chi connectivity index (χ1v) is 10.9. The molecular weight excluding hydrogens is 418 g/mol. The summed E-state index contributed by atoms with van der Waals surface area (Å²) in [7, 11) is 0. The quantitative estimate of drug-likeness (QED) is 0.511. The smallest absolute Gasteiger partial charge is 0.289 e. The molecule has 33 heavy (non-hydrogen) atoms. The number of carbonyl (C=O) groups excluding carboxylic acids is 2. The summed E-state index contributed by atoms with van der Waals surface area (Å²) in [5, 5.41) is 7.81. The summed E-state index contributed by atoms with van der Waals surface area (Å²) < 4.78 is 6.93. The number of hydrogen-bond acceptors (Lipinski definition) is 5. The molecule has 1 N–H and O–H groups in total. The van der Waals surface area contributed by atoms with Gasteiger partial charge >= 0.3 is 0 Å². The molecule has 5 rings (SSSR count). The van der Waals surface area contributed by atoms with Crippen LogP contribution in [-0.2, 0) is 0 Å². The number of pyridine rings is 1. The number of piperidine rings is 1. The van der Waals surface area contributed by atoms with E-state index in [0.717, 1.165) is 11.3 Å². The maximum absolute atomic E-state index is 13.3. The van der Waals surface area contributed by atoms with Gasteiger partial charge in [0.05, 0.1) is 17.5 Å². The number of likely N-dealkylation sites (tertiary alicyclic amines) is 1. The van der Waals surface area contributed by atoms with Gasteiger partial charge in [-0.15, -0.1) is 0 Å². The van der Waals surface area contributed by atoms with Crippen LogP contribution in [0, 0.1) is 0 Å². The van der Waals surface area contributed by atoms with E-state index in [1.807, 2.05) is 42.5 Å². The number of aromatic nitrogens is 3. The first-order chi connectivity index (χ1) is 16.2. The van der Waals surface area contributed by atoms with E-state index in [1.165, 1.54) is 6.26 Å². The van der Waals surface area contributed by atoms with Crippen LogP contribution in [0.2, 0.25) is 0 Å². The number of carbonyl (C=O) groups is 2. The number of amides is 2. The molecule has 0 unspecified atom stereocenters. The molecule has 4 heterocycles. The van der Waals surface area contributed by atoms with E-state index in [-0.39, 0.29) is 17.9 Å². The van der Waals surface area contributed by atoms with Crippen molar-refractivity contribution in [2.45, 2.75) is 18.9 Å². The summed E-state index contributed by atoms with van der Waals surface area (Å²) >= 11 is 0. The highest BCUT2D eigenvalue weighted by Gasteiger charge is 2.27. The van der Waals surface area contributed by atoms with Gasteiger partial charge in [-0.3, -0.25) is 14.6 Å². The predicted molar refractivity (Wildman–Crippen MR) is 122 cm³/mol. The van der Waals surface area contributed by atoms with Crippen LogP contribution < -0.4 is 5.32 Å². The van der Waals surface area contributed by atoms with Gasteiger partial charge in [0.2, 0.25) is 0 Å². The van der Waals surface area contributed by atoms with E-state index in [4.69, 9.17) is 4.42 Å². The number of benzene rings is 1. The molecule has 1 saturated heterocycles. The summed E-state index contributed by atoms with van der Waals surface area (Å²) in [6.07, 6.45) is 7.99. The lowest BCUT2D eigenvalue weighted by Gasteiger charge is -2.31. The maximum Gasteiger partial charge on any atom is 0.289 e. The lowest BCUT2D eigenvalue weighted by Crippen LogP contribution is -2.46. The lowest BCUT2D eigenvalue weighted by molar-refractivity contribution is 0.0667. The van der Waals surface area contributed by atoms with Gasteiger partial charge in [-0.2, -0.15) is 5.10 Å². The Morgan fingerprint density at radius 3 is 2.52 bits per heavy atom. The van der Waals surface area contributed by atoms with Crippen molar-refractivity contribution in [3.63, 3.8) is 0 Å². The molecule has 0 aliphatic carbocycles. The summed E-state index contributed by atoms with van der Waals surface area (Å²) in [5.74, 6) is 0.0338. The molecule has 0 spiro atoms. The average molecular weight is 441 g/mol. The third kappa shape index (κ3) is 4.41. The summed E-state index contributed by atoms with van der Waals surface area (Å²) in [5.41, 5.74) is 2.71. The lowest BCUT2D eigenvalue weighted by atomic mass is 10.0. The minimum Gasteiger partial charge on any atom is -0.459 e. The highest BCUT2D eigenvalue weighted by molar-refractivity contribution is 6.00. The first-order valence-electron chi connectivity index (χ1n) is 10.9. The Balaban J connectivity index is 1.32. The van der Waals surface area contributed by atoms with E-state index >= 15 is 0 Å². The largest absolute Gasteiger partial charge is 0.459 e. The van der Waals surface area contributed by atoms with Gasteiger partial charge in [-0.25, -0.2) is 4.68 Å². The van der Waals surface area contributed by atoms with Crippen molar-refractivity contribution < 1.29 is 14.0 Å². The maximum atomic E-state index is 13.3. The van der Waals surface area contributed by atoms with Crippen molar-refractivity contribution in [2.24, 2.45) is 0 Å². The second-order valence-electron chi connectivity index (χ2n) is 7.93. The van der Waals surface area contributed by atoms with E-state index in [1.54, 1.807) is 40.3 Å². The Morgan fingerprint density at radius 2 is 1.82 bits per heavy atom. The first kappa shape index (κ1) is 20.7.